The van der Waals surface area contributed by atoms with Gasteiger partial charge in [0.25, 0.3) is 11.9 Å². The number of anilines is 1. The van der Waals surface area contributed by atoms with Crippen LogP contribution in [0.1, 0.15) is 16.8 Å². The number of amides is 1. The summed E-state index contributed by atoms with van der Waals surface area (Å²) in [4.78, 5) is 23.1. The third-order valence-corrected chi connectivity index (χ3v) is 6.48. The lowest BCUT2D eigenvalue weighted by molar-refractivity contribution is 0.0583. The van der Waals surface area contributed by atoms with Crippen molar-refractivity contribution in [1.82, 2.24) is 24.9 Å². The SMILES string of the molecule is O=C(c1ccc(F)cc1-n1nccn1)N1CC[C@H]2CN(c3nc4cc(Cl)ccc4o3)[C@H]2C1. The van der Waals surface area contributed by atoms with Crippen LogP contribution in [-0.2, 0) is 0 Å². The summed E-state index contributed by atoms with van der Waals surface area (Å²) in [5.41, 5.74) is 2.08. The minimum atomic E-state index is -0.450. The first-order valence-electron chi connectivity index (χ1n) is 10.3. The van der Waals surface area contributed by atoms with E-state index in [4.69, 9.17) is 16.0 Å². The highest BCUT2D eigenvalue weighted by molar-refractivity contribution is 6.31. The molecule has 2 aliphatic heterocycles. The molecule has 162 valence electrons. The van der Waals surface area contributed by atoms with Crippen LogP contribution in [0.2, 0.25) is 5.02 Å². The summed E-state index contributed by atoms with van der Waals surface area (Å²) in [6.45, 7) is 2.01. The molecule has 0 radical (unpaired) electrons. The molecule has 2 aromatic heterocycles. The van der Waals surface area contributed by atoms with E-state index in [1.807, 2.05) is 6.07 Å². The van der Waals surface area contributed by atoms with Gasteiger partial charge in [-0.2, -0.15) is 20.0 Å². The molecule has 0 N–H and O–H groups in total. The fourth-order valence-corrected chi connectivity index (χ4v) is 4.74. The van der Waals surface area contributed by atoms with Crippen LogP contribution in [-0.4, -0.2) is 56.5 Å². The van der Waals surface area contributed by atoms with Gasteiger partial charge in [-0.1, -0.05) is 11.6 Å². The van der Waals surface area contributed by atoms with Crippen molar-refractivity contribution in [2.24, 2.45) is 5.92 Å². The van der Waals surface area contributed by atoms with E-state index in [0.717, 1.165) is 13.0 Å². The van der Waals surface area contributed by atoms with Crippen molar-refractivity contribution in [2.75, 3.05) is 24.5 Å². The Hall–Kier alpha value is -3.46. The largest absolute Gasteiger partial charge is 0.423 e. The molecule has 1 amide bonds. The average molecular weight is 453 g/mol. The zero-order valence-corrected chi connectivity index (χ0v) is 17.6. The number of aromatic nitrogens is 4. The molecule has 0 saturated carbocycles. The average Bonchev–Trinajstić information content (AvgIpc) is 3.44. The molecular formula is C22H18ClFN6O2. The van der Waals surface area contributed by atoms with Crippen molar-refractivity contribution in [3.63, 3.8) is 0 Å². The zero-order chi connectivity index (χ0) is 21.8. The van der Waals surface area contributed by atoms with Crippen molar-refractivity contribution in [3.05, 3.63) is 65.2 Å². The van der Waals surface area contributed by atoms with E-state index in [0.29, 0.717) is 52.4 Å². The molecular weight excluding hydrogens is 435 g/mol. The van der Waals surface area contributed by atoms with Gasteiger partial charge >= 0.3 is 0 Å². The molecule has 2 atom stereocenters. The van der Waals surface area contributed by atoms with E-state index in [-0.39, 0.29) is 11.9 Å². The molecule has 0 spiro atoms. The highest BCUT2D eigenvalue weighted by Crippen LogP contribution is 2.38. The Morgan fingerprint density at radius 3 is 2.81 bits per heavy atom. The highest BCUT2D eigenvalue weighted by Gasteiger charge is 2.45. The molecule has 32 heavy (non-hydrogen) atoms. The quantitative estimate of drug-likeness (QED) is 0.473. The Labute approximate surface area is 187 Å². The van der Waals surface area contributed by atoms with E-state index < -0.39 is 5.82 Å². The molecule has 2 saturated heterocycles. The third-order valence-electron chi connectivity index (χ3n) is 6.25. The second kappa shape index (κ2) is 7.30. The predicted molar refractivity (Wildman–Crippen MR) is 115 cm³/mol. The minimum Gasteiger partial charge on any atom is -0.423 e. The fourth-order valence-electron chi connectivity index (χ4n) is 4.57. The molecule has 6 rings (SSSR count). The maximum absolute atomic E-state index is 13.9. The monoisotopic (exact) mass is 452 g/mol. The molecule has 4 heterocycles. The van der Waals surface area contributed by atoms with Crippen molar-refractivity contribution < 1.29 is 13.6 Å². The number of piperidine rings is 1. The van der Waals surface area contributed by atoms with Crippen LogP contribution < -0.4 is 4.90 Å². The molecule has 8 nitrogen and oxygen atoms in total. The van der Waals surface area contributed by atoms with Gasteiger partial charge in [-0.05, 0) is 36.8 Å². The van der Waals surface area contributed by atoms with Gasteiger partial charge in [-0.15, -0.1) is 0 Å². The first-order chi connectivity index (χ1) is 15.6. The third kappa shape index (κ3) is 3.12. The lowest BCUT2D eigenvalue weighted by Gasteiger charge is -2.52. The molecule has 0 aliphatic carbocycles. The number of rotatable bonds is 3. The second-order valence-corrected chi connectivity index (χ2v) is 8.54. The van der Waals surface area contributed by atoms with Gasteiger partial charge in [-0.3, -0.25) is 4.79 Å². The summed E-state index contributed by atoms with van der Waals surface area (Å²) in [7, 11) is 0. The number of hydrogen-bond acceptors (Lipinski definition) is 6. The number of likely N-dealkylation sites (tertiary alicyclic amines) is 1. The van der Waals surface area contributed by atoms with Gasteiger partial charge < -0.3 is 14.2 Å². The first-order valence-corrected chi connectivity index (χ1v) is 10.7. The molecule has 0 unspecified atom stereocenters. The van der Waals surface area contributed by atoms with Gasteiger partial charge in [0, 0.05) is 36.6 Å². The summed E-state index contributed by atoms with van der Waals surface area (Å²) in [6, 6.07) is 10.1. The van der Waals surface area contributed by atoms with Crippen LogP contribution >= 0.6 is 11.6 Å². The first kappa shape index (κ1) is 19.2. The smallest absolute Gasteiger partial charge is 0.298 e. The van der Waals surface area contributed by atoms with E-state index in [2.05, 4.69) is 20.1 Å². The summed E-state index contributed by atoms with van der Waals surface area (Å²) >= 11 is 6.06. The molecule has 2 fully saturated rings. The van der Waals surface area contributed by atoms with Crippen LogP contribution in [0.5, 0.6) is 0 Å². The number of oxazole rings is 1. The number of carbonyl (C=O) groups excluding carboxylic acids is 1. The number of hydrogen-bond donors (Lipinski definition) is 0. The number of benzene rings is 2. The fraction of sp³-hybridized carbons (Fsp3) is 0.273. The maximum atomic E-state index is 13.9. The van der Waals surface area contributed by atoms with E-state index >= 15 is 0 Å². The Morgan fingerprint density at radius 1 is 1.12 bits per heavy atom. The predicted octanol–water partition coefficient (Wildman–Crippen LogP) is 3.55. The second-order valence-electron chi connectivity index (χ2n) is 8.11. The molecule has 4 aromatic rings. The van der Waals surface area contributed by atoms with Gasteiger partial charge in [0.2, 0.25) is 0 Å². The van der Waals surface area contributed by atoms with Crippen molar-refractivity contribution in [3.8, 4) is 5.69 Å². The molecule has 2 aromatic carbocycles. The minimum absolute atomic E-state index is 0.114. The van der Waals surface area contributed by atoms with Crippen LogP contribution in [0.3, 0.4) is 0 Å². The topological polar surface area (TPSA) is 80.3 Å². The number of halogens is 2. The Balaban J connectivity index is 1.26. The molecule has 2 aliphatic rings. The van der Waals surface area contributed by atoms with Crippen LogP contribution in [0.4, 0.5) is 10.4 Å². The van der Waals surface area contributed by atoms with E-state index in [9.17, 15) is 9.18 Å². The van der Waals surface area contributed by atoms with Gasteiger partial charge in [0.1, 0.15) is 17.0 Å². The van der Waals surface area contributed by atoms with Crippen LogP contribution in [0, 0.1) is 11.7 Å². The van der Waals surface area contributed by atoms with Crippen LogP contribution in [0.25, 0.3) is 16.8 Å². The normalized spacial score (nSPS) is 20.3. The van der Waals surface area contributed by atoms with Crippen LogP contribution in [0.15, 0.2) is 53.2 Å². The van der Waals surface area contributed by atoms with Crippen molar-refractivity contribution in [2.45, 2.75) is 12.5 Å². The van der Waals surface area contributed by atoms with Gasteiger partial charge in [0.15, 0.2) is 5.58 Å². The van der Waals surface area contributed by atoms with Gasteiger partial charge in [0.05, 0.1) is 24.0 Å². The van der Waals surface area contributed by atoms with Gasteiger partial charge in [-0.25, -0.2) is 4.39 Å². The highest BCUT2D eigenvalue weighted by atomic mass is 35.5. The van der Waals surface area contributed by atoms with Crippen molar-refractivity contribution in [1.29, 1.82) is 0 Å². The van der Waals surface area contributed by atoms with E-state index in [1.165, 1.54) is 35.4 Å². The Bertz CT molecular complexity index is 1320. The molecule has 10 heteroatoms. The summed E-state index contributed by atoms with van der Waals surface area (Å²) < 4.78 is 19.8. The summed E-state index contributed by atoms with van der Waals surface area (Å²) in [5, 5.41) is 8.73. The number of fused-ring (bicyclic) bond motifs is 2. The van der Waals surface area contributed by atoms with E-state index in [1.54, 1.807) is 17.0 Å². The number of carbonyl (C=O) groups is 1. The Morgan fingerprint density at radius 2 is 1.97 bits per heavy atom. The lowest BCUT2D eigenvalue weighted by Crippen LogP contribution is -2.65. The number of nitrogens with zero attached hydrogens (tertiary/aromatic N) is 6. The molecule has 0 bridgehead atoms. The zero-order valence-electron chi connectivity index (χ0n) is 16.9. The Kier molecular flexibility index (Phi) is 4.39. The summed E-state index contributed by atoms with van der Waals surface area (Å²) in [5.74, 6) is -0.154. The summed E-state index contributed by atoms with van der Waals surface area (Å²) in [6.07, 6.45) is 3.87. The standard InChI is InChI=1S/C22H18ClFN6O2/c23-14-1-4-20-17(9-14)27-22(32-20)29-11-13-5-8-28(12-19(13)29)21(31)16-3-2-15(24)10-18(16)30-25-6-7-26-30/h1-4,6-7,9-10,13,19H,5,8,11-12H2/t13-,19-/m0/s1. The lowest BCUT2D eigenvalue weighted by atomic mass is 9.82. The van der Waals surface area contributed by atoms with Crippen molar-refractivity contribution >= 4 is 34.6 Å². The maximum Gasteiger partial charge on any atom is 0.298 e.